The van der Waals surface area contributed by atoms with Crippen LogP contribution in [0, 0.1) is 0 Å². The molecule has 0 atom stereocenters. The molecule has 0 amide bonds. The summed E-state index contributed by atoms with van der Waals surface area (Å²) in [6.07, 6.45) is 1.90. The van der Waals surface area contributed by atoms with Gasteiger partial charge in [0.1, 0.15) is 0 Å². The maximum Gasteiger partial charge on any atom is 0.231 e. The van der Waals surface area contributed by atoms with Crippen LogP contribution in [0.25, 0.3) is 5.69 Å². The largest absolute Gasteiger partial charge is 0.454 e. The van der Waals surface area contributed by atoms with Crippen molar-refractivity contribution >= 4 is 0 Å². The maximum atomic E-state index is 5.34. The number of aromatic nitrogens is 3. The third-order valence-electron chi connectivity index (χ3n) is 2.72. The second kappa shape index (κ2) is 4.66. The van der Waals surface area contributed by atoms with Crippen LogP contribution in [0.2, 0.25) is 0 Å². The lowest BCUT2D eigenvalue weighted by atomic mass is 10.3. The summed E-state index contributed by atoms with van der Waals surface area (Å²) in [5, 5.41) is 11.4. The zero-order valence-corrected chi connectivity index (χ0v) is 10.1. The Kier molecular flexibility index (Phi) is 2.85. The number of benzene rings is 1. The van der Waals surface area contributed by atoms with Crippen molar-refractivity contribution in [2.24, 2.45) is 0 Å². The fraction of sp³-hybridized carbons (Fsp3) is 0.333. The maximum absolute atomic E-state index is 5.34. The molecule has 0 bridgehead atoms. The van der Waals surface area contributed by atoms with E-state index in [0.717, 1.165) is 36.0 Å². The zero-order valence-electron chi connectivity index (χ0n) is 10.1. The Hall–Kier alpha value is -2.08. The molecule has 0 unspecified atom stereocenters. The smallest absolute Gasteiger partial charge is 0.231 e. The van der Waals surface area contributed by atoms with Gasteiger partial charge in [0.25, 0.3) is 0 Å². The van der Waals surface area contributed by atoms with Gasteiger partial charge >= 0.3 is 0 Å². The van der Waals surface area contributed by atoms with Crippen LogP contribution in [0.15, 0.2) is 24.4 Å². The van der Waals surface area contributed by atoms with Crippen molar-refractivity contribution in [2.45, 2.75) is 13.5 Å². The number of nitrogens with zero attached hydrogens (tertiary/aromatic N) is 3. The lowest BCUT2D eigenvalue weighted by Gasteiger charge is -2.01. The average molecular weight is 246 g/mol. The normalized spacial score (nSPS) is 12.9. The lowest BCUT2D eigenvalue weighted by molar-refractivity contribution is 0.174. The molecule has 3 rings (SSSR count). The highest BCUT2D eigenvalue weighted by Gasteiger charge is 2.14. The van der Waals surface area contributed by atoms with Crippen LogP contribution >= 0.6 is 0 Å². The predicted molar refractivity (Wildman–Crippen MR) is 64.9 cm³/mol. The lowest BCUT2D eigenvalue weighted by Crippen LogP contribution is -2.11. The first-order valence-electron chi connectivity index (χ1n) is 5.89. The SMILES string of the molecule is CCNCc1cn(-c2ccc3c(c2)OCO3)nn1. The Morgan fingerprint density at radius 2 is 2.22 bits per heavy atom. The first-order chi connectivity index (χ1) is 8.86. The second-order valence-electron chi connectivity index (χ2n) is 3.97. The minimum Gasteiger partial charge on any atom is -0.454 e. The minimum absolute atomic E-state index is 0.280. The fourth-order valence-corrected chi connectivity index (χ4v) is 1.79. The predicted octanol–water partition coefficient (Wildman–Crippen LogP) is 1.11. The highest BCUT2D eigenvalue weighted by Crippen LogP contribution is 2.33. The number of fused-ring (bicyclic) bond motifs is 1. The molecule has 1 aliphatic rings. The molecule has 6 heteroatoms. The highest BCUT2D eigenvalue weighted by atomic mass is 16.7. The summed E-state index contributed by atoms with van der Waals surface area (Å²) in [6, 6.07) is 5.70. The van der Waals surface area contributed by atoms with Gasteiger partial charge in [0, 0.05) is 12.6 Å². The Morgan fingerprint density at radius 3 is 3.11 bits per heavy atom. The summed E-state index contributed by atoms with van der Waals surface area (Å²) in [7, 11) is 0. The highest BCUT2D eigenvalue weighted by molar-refractivity contribution is 5.49. The molecule has 0 aliphatic carbocycles. The molecule has 1 aliphatic heterocycles. The molecule has 18 heavy (non-hydrogen) atoms. The van der Waals surface area contributed by atoms with Crippen molar-refractivity contribution in [3.8, 4) is 17.2 Å². The van der Waals surface area contributed by atoms with Crippen molar-refractivity contribution in [2.75, 3.05) is 13.3 Å². The number of hydrogen-bond acceptors (Lipinski definition) is 5. The molecular formula is C12H14N4O2. The summed E-state index contributed by atoms with van der Waals surface area (Å²) in [6.45, 7) is 3.97. The quantitative estimate of drug-likeness (QED) is 0.875. The number of ether oxygens (including phenoxy) is 2. The third kappa shape index (κ3) is 2.02. The van der Waals surface area contributed by atoms with Gasteiger partial charge in [-0.1, -0.05) is 12.1 Å². The van der Waals surface area contributed by atoms with Crippen molar-refractivity contribution in [3.63, 3.8) is 0 Å². The van der Waals surface area contributed by atoms with E-state index >= 15 is 0 Å². The van der Waals surface area contributed by atoms with E-state index in [2.05, 4.69) is 22.6 Å². The molecule has 1 N–H and O–H groups in total. The second-order valence-corrected chi connectivity index (χ2v) is 3.97. The monoisotopic (exact) mass is 246 g/mol. The standard InChI is InChI=1S/C12H14N4O2/c1-2-13-6-9-7-16(15-14-9)10-3-4-11-12(5-10)18-8-17-11/h3-5,7,13H,2,6,8H2,1H3. The Morgan fingerprint density at radius 1 is 1.33 bits per heavy atom. The van der Waals surface area contributed by atoms with Gasteiger partial charge < -0.3 is 14.8 Å². The summed E-state index contributed by atoms with van der Waals surface area (Å²) in [5.41, 5.74) is 1.82. The molecule has 2 heterocycles. The van der Waals surface area contributed by atoms with Crippen molar-refractivity contribution in [1.82, 2.24) is 20.3 Å². The molecule has 1 aromatic heterocycles. The van der Waals surface area contributed by atoms with E-state index in [4.69, 9.17) is 9.47 Å². The molecule has 0 saturated heterocycles. The minimum atomic E-state index is 0.280. The Bertz CT molecular complexity index is 553. The van der Waals surface area contributed by atoms with Crippen molar-refractivity contribution < 1.29 is 9.47 Å². The number of rotatable bonds is 4. The van der Waals surface area contributed by atoms with Gasteiger partial charge in [-0.2, -0.15) is 0 Å². The average Bonchev–Trinajstić information content (AvgIpc) is 3.04. The van der Waals surface area contributed by atoms with E-state index < -0.39 is 0 Å². The first kappa shape index (κ1) is 11.0. The van der Waals surface area contributed by atoms with E-state index in [0.29, 0.717) is 0 Å². The summed E-state index contributed by atoms with van der Waals surface area (Å²) in [4.78, 5) is 0. The van der Waals surface area contributed by atoms with Gasteiger partial charge in [-0.25, -0.2) is 4.68 Å². The van der Waals surface area contributed by atoms with Gasteiger partial charge in [-0.3, -0.25) is 0 Å². The van der Waals surface area contributed by atoms with Crippen LogP contribution in [0.5, 0.6) is 11.5 Å². The molecule has 0 saturated carbocycles. The van der Waals surface area contributed by atoms with Gasteiger partial charge in [0.15, 0.2) is 11.5 Å². The summed E-state index contributed by atoms with van der Waals surface area (Å²) < 4.78 is 12.3. The van der Waals surface area contributed by atoms with Crippen molar-refractivity contribution in [3.05, 3.63) is 30.1 Å². The van der Waals surface area contributed by atoms with E-state index in [-0.39, 0.29) is 6.79 Å². The molecule has 6 nitrogen and oxygen atoms in total. The van der Waals surface area contributed by atoms with E-state index in [1.807, 2.05) is 24.4 Å². The zero-order chi connectivity index (χ0) is 12.4. The summed E-state index contributed by atoms with van der Waals surface area (Å²) in [5.74, 6) is 1.52. The van der Waals surface area contributed by atoms with Crippen LogP contribution in [-0.4, -0.2) is 28.3 Å². The van der Waals surface area contributed by atoms with Gasteiger partial charge in [-0.15, -0.1) is 5.10 Å². The van der Waals surface area contributed by atoms with Crippen molar-refractivity contribution in [1.29, 1.82) is 0 Å². The van der Waals surface area contributed by atoms with Crippen LogP contribution in [-0.2, 0) is 6.54 Å². The molecule has 1 aromatic carbocycles. The van der Waals surface area contributed by atoms with Crippen LogP contribution in [0.1, 0.15) is 12.6 Å². The van der Waals surface area contributed by atoms with Crippen LogP contribution < -0.4 is 14.8 Å². The third-order valence-corrected chi connectivity index (χ3v) is 2.72. The number of nitrogens with one attached hydrogen (secondary N) is 1. The van der Waals surface area contributed by atoms with E-state index in [1.165, 1.54) is 0 Å². The topological polar surface area (TPSA) is 61.2 Å². The Balaban J connectivity index is 1.83. The number of hydrogen-bond donors (Lipinski definition) is 1. The molecule has 94 valence electrons. The summed E-state index contributed by atoms with van der Waals surface area (Å²) >= 11 is 0. The van der Waals surface area contributed by atoms with E-state index in [9.17, 15) is 0 Å². The molecule has 0 radical (unpaired) electrons. The fourth-order valence-electron chi connectivity index (χ4n) is 1.79. The van der Waals surface area contributed by atoms with Crippen LogP contribution in [0.3, 0.4) is 0 Å². The van der Waals surface area contributed by atoms with Gasteiger partial charge in [0.2, 0.25) is 6.79 Å². The molecule has 0 spiro atoms. The first-order valence-corrected chi connectivity index (χ1v) is 5.89. The molecule has 0 fully saturated rings. The Labute approximate surface area is 105 Å². The molecule has 2 aromatic rings. The van der Waals surface area contributed by atoms with E-state index in [1.54, 1.807) is 4.68 Å². The van der Waals surface area contributed by atoms with Gasteiger partial charge in [0.05, 0.1) is 17.6 Å². The molecular weight excluding hydrogens is 232 g/mol. The van der Waals surface area contributed by atoms with Crippen LogP contribution in [0.4, 0.5) is 0 Å². The van der Waals surface area contributed by atoms with Gasteiger partial charge in [-0.05, 0) is 18.7 Å².